The lowest BCUT2D eigenvalue weighted by Gasteiger charge is -2.19. The van der Waals surface area contributed by atoms with Crippen LogP contribution in [0.2, 0.25) is 0 Å². The van der Waals surface area contributed by atoms with Crippen molar-refractivity contribution in [2.75, 3.05) is 5.32 Å². The van der Waals surface area contributed by atoms with Gasteiger partial charge in [-0.15, -0.1) is 0 Å². The summed E-state index contributed by atoms with van der Waals surface area (Å²) in [5.41, 5.74) is 6.85. The van der Waals surface area contributed by atoms with Gasteiger partial charge in [0.2, 0.25) is 0 Å². The summed E-state index contributed by atoms with van der Waals surface area (Å²) in [4.78, 5) is 27.5. The molecule has 0 atom stereocenters. The molecule has 1 heterocycles. The molecule has 3 rings (SSSR count). The second kappa shape index (κ2) is 7.03. The third kappa shape index (κ3) is 3.27. The monoisotopic (exact) mass is 362 g/mol. The molecule has 2 aromatic carbocycles. The van der Waals surface area contributed by atoms with Gasteiger partial charge < -0.3 is 5.32 Å². The van der Waals surface area contributed by atoms with Gasteiger partial charge in [-0.05, 0) is 75.4 Å². The Bertz CT molecular complexity index is 970. The highest BCUT2D eigenvalue weighted by atomic mass is 16.2. The number of carbonyl (C=O) groups is 2. The quantitative estimate of drug-likeness (QED) is 0.814. The summed E-state index contributed by atoms with van der Waals surface area (Å²) in [6.07, 6.45) is 0. The molecule has 0 unspecified atom stereocenters. The predicted molar refractivity (Wildman–Crippen MR) is 109 cm³/mol. The lowest BCUT2D eigenvalue weighted by Crippen LogP contribution is -2.38. The molecule has 0 aromatic heterocycles. The Morgan fingerprint density at radius 3 is 2.19 bits per heavy atom. The van der Waals surface area contributed by atoms with Crippen LogP contribution < -0.4 is 5.32 Å². The van der Waals surface area contributed by atoms with E-state index in [2.05, 4.69) is 5.32 Å². The zero-order valence-corrected chi connectivity index (χ0v) is 16.8. The fourth-order valence-corrected chi connectivity index (χ4v) is 3.32. The molecular formula is C23H26N2O2. The Balaban J connectivity index is 2.17. The molecule has 0 spiro atoms. The molecule has 0 aliphatic carbocycles. The molecule has 0 saturated heterocycles. The lowest BCUT2D eigenvalue weighted by atomic mass is 9.99. The maximum Gasteiger partial charge on any atom is 0.278 e. The summed E-state index contributed by atoms with van der Waals surface area (Å²) >= 11 is 0. The first-order valence-electron chi connectivity index (χ1n) is 9.25. The molecular weight excluding hydrogens is 336 g/mol. The van der Waals surface area contributed by atoms with Gasteiger partial charge in [-0.2, -0.15) is 0 Å². The molecule has 1 aliphatic heterocycles. The largest absolute Gasteiger partial charge is 0.350 e. The van der Waals surface area contributed by atoms with Gasteiger partial charge in [-0.3, -0.25) is 14.5 Å². The first kappa shape index (κ1) is 18.9. The molecule has 0 radical (unpaired) electrons. The molecule has 2 aromatic rings. The van der Waals surface area contributed by atoms with E-state index < -0.39 is 0 Å². The fourth-order valence-electron chi connectivity index (χ4n) is 3.32. The second-order valence-corrected chi connectivity index (χ2v) is 7.50. The molecule has 0 saturated carbocycles. The van der Waals surface area contributed by atoms with E-state index >= 15 is 0 Å². The Kier molecular flexibility index (Phi) is 4.92. The van der Waals surface area contributed by atoms with Crippen molar-refractivity contribution in [1.82, 2.24) is 4.90 Å². The van der Waals surface area contributed by atoms with Gasteiger partial charge in [-0.1, -0.05) is 30.3 Å². The van der Waals surface area contributed by atoms with Crippen LogP contribution in [0.25, 0.3) is 5.57 Å². The van der Waals surface area contributed by atoms with E-state index in [4.69, 9.17) is 0 Å². The number of hydrogen-bond donors (Lipinski definition) is 1. The fraction of sp³-hybridized carbons (Fsp3) is 0.304. The first-order chi connectivity index (χ1) is 12.7. The van der Waals surface area contributed by atoms with Crippen LogP contribution in [0.4, 0.5) is 5.69 Å². The van der Waals surface area contributed by atoms with Gasteiger partial charge in [0.1, 0.15) is 5.70 Å². The van der Waals surface area contributed by atoms with Gasteiger partial charge in [0.25, 0.3) is 11.8 Å². The lowest BCUT2D eigenvalue weighted by molar-refractivity contribution is -0.138. The van der Waals surface area contributed by atoms with Crippen molar-refractivity contribution in [1.29, 1.82) is 0 Å². The molecule has 4 heteroatoms. The molecule has 27 heavy (non-hydrogen) atoms. The number of nitrogens with one attached hydrogen (secondary N) is 1. The summed E-state index contributed by atoms with van der Waals surface area (Å²) in [6, 6.07) is 11.6. The van der Waals surface area contributed by atoms with Gasteiger partial charge in [0, 0.05) is 11.7 Å². The average Bonchev–Trinajstić information content (AvgIpc) is 2.85. The highest BCUT2D eigenvalue weighted by Gasteiger charge is 2.40. The number of anilines is 1. The molecule has 0 bridgehead atoms. The molecule has 1 N–H and O–H groups in total. The van der Waals surface area contributed by atoms with Crippen LogP contribution in [-0.4, -0.2) is 22.8 Å². The SMILES string of the molecule is Cc1ccc(C2=C(Nc3cccc(C)c3C)C(=O)N(C(C)C)C2=O)cc1C. The van der Waals surface area contributed by atoms with Crippen molar-refractivity contribution < 1.29 is 9.59 Å². The van der Waals surface area contributed by atoms with Crippen LogP contribution in [0.15, 0.2) is 42.1 Å². The zero-order valence-electron chi connectivity index (χ0n) is 16.8. The summed E-state index contributed by atoms with van der Waals surface area (Å²) in [5, 5.41) is 3.27. The van der Waals surface area contributed by atoms with Crippen LogP contribution in [0, 0.1) is 27.7 Å². The maximum atomic E-state index is 13.1. The van der Waals surface area contributed by atoms with Crippen LogP contribution in [-0.2, 0) is 9.59 Å². The number of aryl methyl sites for hydroxylation is 3. The van der Waals surface area contributed by atoms with Crippen molar-refractivity contribution >= 4 is 23.1 Å². The normalized spacial score (nSPS) is 14.6. The standard InChI is InChI=1S/C23H26N2O2/c1-13(2)25-22(26)20(18-11-10-14(3)16(5)12-18)21(23(25)27)24-19-9-7-8-15(4)17(19)6/h7-13,24H,1-6H3. The number of benzene rings is 2. The maximum absolute atomic E-state index is 13.1. The van der Waals surface area contributed by atoms with E-state index in [0.29, 0.717) is 11.3 Å². The first-order valence-corrected chi connectivity index (χ1v) is 9.25. The van der Waals surface area contributed by atoms with Crippen molar-refractivity contribution in [2.45, 2.75) is 47.6 Å². The van der Waals surface area contributed by atoms with Gasteiger partial charge in [0.15, 0.2) is 0 Å². The van der Waals surface area contributed by atoms with E-state index in [9.17, 15) is 9.59 Å². The van der Waals surface area contributed by atoms with E-state index in [-0.39, 0.29) is 17.9 Å². The third-order valence-electron chi connectivity index (χ3n) is 5.29. The summed E-state index contributed by atoms with van der Waals surface area (Å²) in [6.45, 7) is 11.8. The molecule has 2 amide bonds. The molecule has 0 fully saturated rings. The molecule has 4 nitrogen and oxygen atoms in total. The van der Waals surface area contributed by atoms with Crippen LogP contribution in [0.1, 0.15) is 41.7 Å². The smallest absolute Gasteiger partial charge is 0.278 e. The van der Waals surface area contributed by atoms with Crippen LogP contribution in [0.3, 0.4) is 0 Å². The highest BCUT2D eigenvalue weighted by Crippen LogP contribution is 2.33. The Morgan fingerprint density at radius 1 is 0.852 bits per heavy atom. The van der Waals surface area contributed by atoms with Crippen LogP contribution in [0.5, 0.6) is 0 Å². The van der Waals surface area contributed by atoms with Gasteiger partial charge >= 0.3 is 0 Å². The van der Waals surface area contributed by atoms with Crippen molar-refractivity contribution in [3.63, 3.8) is 0 Å². The average molecular weight is 362 g/mol. The minimum absolute atomic E-state index is 0.204. The zero-order chi connectivity index (χ0) is 19.9. The molecule has 140 valence electrons. The van der Waals surface area contributed by atoms with Crippen molar-refractivity contribution in [2.24, 2.45) is 0 Å². The van der Waals surface area contributed by atoms with Gasteiger partial charge in [0.05, 0.1) is 5.57 Å². The Labute approximate surface area is 160 Å². The number of rotatable bonds is 4. The summed E-state index contributed by atoms with van der Waals surface area (Å²) in [5.74, 6) is -0.518. The third-order valence-corrected chi connectivity index (χ3v) is 5.29. The van der Waals surface area contributed by atoms with E-state index in [1.807, 2.05) is 77.9 Å². The number of carbonyl (C=O) groups excluding carboxylic acids is 2. The minimum atomic E-state index is -0.274. The Morgan fingerprint density at radius 2 is 1.56 bits per heavy atom. The highest BCUT2D eigenvalue weighted by molar-refractivity contribution is 6.36. The number of hydrogen-bond acceptors (Lipinski definition) is 3. The predicted octanol–water partition coefficient (Wildman–Crippen LogP) is 4.52. The summed E-state index contributed by atoms with van der Waals surface area (Å²) in [7, 11) is 0. The van der Waals surface area contributed by atoms with E-state index in [0.717, 1.165) is 33.5 Å². The number of amides is 2. The van der Waals surface area contributed by atoms with Crippen LogP contribution >= 0.6 is 0 Å². The summed E-state index contributed by atoms with van der Waals surface area (Å²) < 4.78 is 0. The second-order valence-electron chi connectivity index (χ2n) is 7.50. The van der Waals surface area contributed by atoms with E-state index in [1.54, 1.807) is 0 Å². The number of imide groups is 1. The number of nitrogens with zero attached hydrogens (tertiary/aromatic N) is 1. The Hall–Kier alpha value is -2.88. The minimum Gasteiger partial charge on any atom is -0.350 e. The van der Waals surface area contributed by atoms with Gasteiger partial charge in [-0.25, -0.2) is 0 Å². The topological polar surface area (TPSA) is 49.4 Å². The van der Waals surface area contributed by atoms with Crippen molar-refractivity contribution in [3.05, 3.63) is 69.9 Å². The molecule has 1 aliphatic rings. The van der Waals surface area contributed by atoms with E-state index in [1.165, 1.54) is 4.90 Å². The van der Waals surface area contributed by atoms with Crippen molar-refractivity contribution in [3.8, 4) is 0 Å².